The maximum absolute atomic E-state index is 6.09. The van der Waals surface area contributed by atoms with Gasteiger partial charge < -0.3 is 10.1 Å². The van der Waals surface area contributed by atoms with Crippen LogP contribution in [0.1, 0.15) is 13.8 Å². The molecule has 0 bridgehead atoms. The van der Waals surface area contributed by atoms with Crippen molar-refractivity contribution in [3.63, 3.8) is 0 Å². The molecule has 1 fully saturated rings. The van der Waals surface area contributed by atoms with Gasteiger partial charge in [0.1, 0.15) is 11.9 Å². The molecule has 1 aromatic rings. The Morgan fingerprint density at radius 3 is 2.79 bits per heavy atom. The second kappa shape index (κ2) is 5.63. The quantitative estimate of drug-likeness (QED) is 0.899. The van der Waals surface area contributed by atoms with Crippen molar-refractivity contribution in [3.8, 4) is 5.75 Å². The number of ether oxygens (including phenoxy) is 1. The third-order valence-corrected chi connectivity index (χ3v) is 4.89. The van der Waals surface area contributed by atoms with Gasteiger partial charge in [-0.3, -0.25) is 4.90 Å². The summed E-state index contributed by atoms with van der Waals surface area (Å²) in [7, 11) is 0. The lowest BCUT2D eigenvalue weighted by Gasteiger charge is -2.37. The molecular formula is C15H22N2OS. The second-order valence-electron chi connectivity index (χ2n) is 5.59. The lowest BCUT2D eigenvalue weighted by molar-refractivity contribution is 0.134. The SMILES string of the molecule is CC1CN(CC2CNc3ccccc3O2)CC(C)S1. The molecule has 0 spiro atoms. The van der Waals surface area contributed by atoms with E-state index in [9.17, 15) is 0 Å². The van der Waals surface area contributed by atoms with Crippen LogP contribution in [0.3, 0.4) is 0 Å². The molecule has 0 amide bonds. The van der Waals surface area contributed by atoms with E-state index >= 15 is 0 Å². The van der Waals surface area contributed by atoms with Crippen molar-refractivity contribution >= 4 is 17.4 Å². The molecule has 3 atom stereocenters. The van der Waals surface area contributed by atoms with Crippen LogP contribution in [0.2, 0.25) is 0 Å². The van der Waals surface area contributed by atoms with Crippen LogP contribution in [0.5, 0.6) is 5.75 Å². The third kappa shape index (κ3) is 3.18. The minimum absolute atomic E-state index is 0.261. The molecule has 2 aliphatic heterocycles. The maximum Gasteiger partial charge on any atom is 0.142 e. The van der Waals surface area contributed by atoms with Crippen molar-refractivity contribution in [1.29, 1.82) is 0 Å². The number of para-hydroxylation sites is 2. The Balaban J connectivity index is 1.60. The number of anilines is 1. The molecule has 3 rings (SSSR count). The summed E-state index contributed by atoms with van der Waals surface area (Å²) >= 11 is 2.10. The summed E-state index contributed by atoms with van der Waals surface area (Å²) in [6.45, 7) is 8.93. The molecule has 0 radical (unpaired) electrons. The first kappa shape index (κ1) is 13.1. The van der Waals surface area contributed by atoms with Crippen molar-refractivity contribution < 1.29 is 4.74 Å². The van der Waals surface area contributed by atoms with Gasteiger partial charge in [-0.05, 0) is 12.1 Å². The van der Waals surface area contributed by atoms with Gasteiger partial charge in [-0.15, -0.1) is 0 Å². The van der Waals surface area contributed by atoms with Crippen LogP contribution in [0.4, 0.5) is 5.69 Å². The third-order valence-electron chi connectivity index (χ3n) is 3.66. The summed E-state index contributed by atoms with van der Waals surface area (Å²) in [5.41, 5.74) is 1.12. The number of fused-ring (bicyclic) bond motifs is 1. The summed E-state index contributed by atoms with van der Waals surface area (Å²) in [5, 5.41) is 4.93. The summed E-state index contributed by atoms with van der Waals surface area (Å²) in [5.74, 6) is 0.992. The normalized spacial score (nSPS) is 31.2. The molecule has 3 unspecified atom stereocenters. The number of nitrogens with one attached hydrogen (secondary N) is 1. The first-order valence-corrected chi connectivity index (χ1v) is 8.02. The molecule has 4 heteroatoms. The monoisotopic (exact) mass is 278 g/mol. The topological polar surface area (TPSA) is 24.5 Å². The summed E-state index contributed by atoms with van der Waals surface area (Å²) in [4.78, 5) is 2.55. The highest BCUT2D eigenvalue weighted by Gasteiger charge is 2.26. The van der Waals surface area contributed by atoms with E-state index in [0.717, 1.165) is 35.0 Å². The molecule has 0 saturated carbocycles. The summed E-state index contributed by atoms with van der Waals surface area (Å²) < 4.78 is 6.09. The minimum atomic E-state index is 0.261. The van der Waals surface area contributed by atoms with E-state index < -0.39 is 0 Å². The zero-order valence-electron chi connectivity index (χ0n) is 11.6. The van der Waals surface area contributed by atoms with Crippen molar-refractivity contribution in [2.45, 2.75) is 30.5 Å². The first-order valence-electron chi connectivity index (χ1n) is 7.08. The number of hydrogen-bond acceptors (Lipinski definition) is 4. The summed E-state index contributed by atoms with van der Waals surface area (Å²) in [6, 6.07) is 8.20. The van der Waals surface area contributed by atoms with E-state index in [2.05, 4.69) is 41.9 Å². The first-order chi connectivity index (χ1) is 9.20. The Bertz CT molecular complexity index is 430. The predicted molar refractivity (Wildman–Crippen MR) is 82.3 cm³/mol. The van der Waals surface area contributed by atoms with E-state index in [0.29, 0.717) is 0 Å². The molecule has 1 aromatic carbocycles. The van der Waals surface area contributed by atoms with Gasteiger partial charge in [0.05, 0.1) is 12.2 Å². The fourth-order valence-corrected chi connectivity index (χ4v) is 4.37. The minimum Gasteiger partial charge on any atom is -0.485 e. The van der Waals surface area contributed by atoms with Crippen molar-refractivity contribution in [3.05, 3.63) is 24.3 Å². The van der Waals surface area contributed by atoms with E-state index in [1.54, 1.807) is 0 Å². The number of hydrogen-bond donors (Lipinski definition) is 1. The molecule has 0 aliphatic carbocycles. The van der Waals surface area contributed by atoms with Crippen molar-refractivity contribution in [2.24, 2.45) is 0 Å². The van der Waals surface area contributed by atoms with E-state index in [1.165, 1.54) is 13.1 Å². The molecule has 104 valence electrons. The van der Waals surface area contributed by atoms with Gasteiger partial charge in [0.25, 0.3) is 0 Å². The highest BCUT2D eigenvalue weighted by Crippen LogP contribution is 2.29. The van der Waals surface area contributed by atoms with Crippen LogP contribution < -0.4 is 10.1 Å². The van der Waals surface area contributed by atoms with Gasteiger partial charge in [0, 0.05) is 30.1 Å². The van der Waals surface area contributed by atoms with E-state index in [1.807, 2.05) is 18.2 Å². The molecule has 0 aromatic heterocycles. The Kier molecular flexibility index (Phi) is 3.89. The van der Waals surface area contributed by atoms with Crippen LogP contribution in [-0.4, -0.2) is 47.7 Å². The highest BCUT2D eigenvalue weighted by molar-refractivity contribution is 8.00. The Labute approximate surface area is 119 Å². The van der Waals surface area contributed by atoms with Gasteiger partial charge in [-0.2, -0.15) is 11.8 Å². The van der Waals surface area contributed by atoms with E-state index in [4.69, 9.17) is 4.74 Å². The van der Waals surface area contributed by atoms with Gasteiger partial charge >= 0.3 is 0 Å². The van der Waals surface area contributed by atoms with Crippen LogP contribution >= 0.6 is 11.8 Å². The van der Waals surface area contributed by atoms with Crippen LogP contribution in [-0.2, 0) is 0 Å². The maximum atomic E-state index is 6.09. The highest BCUT2D eigenvalue weighted by atomic mass is 32.2. The Hall–Kier alpha value is -0.870. The van der Waals surface area contributed by atoms with Gasteiger partial charge in [0.2, 0.25) is 0 Å². The number of rotatable bonds is 2. The largest absolute Gasteiger partial charge is 0.485 e. The molecular weight excluding hydrogens is 256 g/mol. The standard InChI is InChI=1S/C15H22N2OS/c1-11-8-17(9-12(2)19-11)10-13-7-16-14-5-3-4-6-15(14)18-13/h3-6,11-13,16H,7-10H2,1-2H3. The molecule has 19 heavy (non-hydrogen) atoms. The van der Waals surface area contributed by atoms with Gasteiger partial charge in [-0.1, -0.05) is 26.0 Å². The predicted octanol–water partition coefficient (Wildman–Crippen LogP) is 2.69. The van der Waals surface area contributed by atoms with Crippen LogP contribution in [0.25, 0.3) is 0 Å². The lowest BCUT2D eigenvalue weighted by Crippen LogP contribution is -2.47. The molecule has 3 nitrogen and oxygen atoms in total. The van der Waals surface area contributed by atoms with Gasteiger partial charge in [0.15, 0.2) is 0 Å². The van der Waals surface area contributed by atoms with Crippen molar-refractivity contribution in [2.75, 3.05) is 31.5 Å². The second-order valence-corrected chi connectivity index (χ2v) is 7.47. The van der Waals surface area contributed by atoms with Crippen LogP contribution in [0, 0.1) is 0 Å². The smallest absolute Gasteiger partial charge is 0.142 e. The number of benzene rings is 1. The average molecular weight is 278 g/mol. The van der Waals surface area contributed by atoms with Crippen LogP contribution in [0.15, 0.2) is 24.3 Å². The van der Waals surface area contributed by atoms with Gasteiger partial charge in [-0.25, -0.2) is 0 Å². The fraction of sp³-hybridized carbons (Fsp3) is 0.600. The average Bonchev–Trinajstić information content (AvgIpc) is 2.37. The van der Waals surface area contributed by atoms with E-state index in [-0.39, 0.29) is 6.10 Å². The molecule has 1 saturated heterocycles. The zero-order valence-corrected chi connectivity index (χ0v) is 12.5. The zero-order chi connectivity index (χ0) is 13.2. The summed E-state index contributed by atoms with van der Waals surface area (Å²) in [6.07, 6.45) is 0.261. The Morgan fingerprint density at radius 1 is 1.26 bits per heavy atom. The Morgan fingerprint density at radius 2 is 2.00 bits per heavy atom. The molecule has 2 aliphatic rings. The molecule has 1 N–H and O–H groups in total. The fourth-order valence-electron chi connectivity index (χ4n) is 2.98. The number of thioether (sulfide) groups is 1. The number of nitrogens with zero attached hydrogens (tertiary/aromatic N) is 1. The van der Waals surface area contributed by atoms with Crippen molar-refractivity contribution in [1.82, 2.24) is 4.90 Å². The molecule has 2 heterocycles. The lowest BCUT2D eigenvalue weighted by atomic mass is 10.2.